The second-order valence-electron chi connectivity index (χ2n) is 5.84. The van der Waals surface area contributed by atoms with Crippen LogP contribution < -0.4 is 15.4 Å². The topological polar surface area (TPSA) is 67.4 Å². The van der Waals surface area contributed by atoms with Crippen molar-refractivity contribution >= 4 is 17.5 Å². The molecule has 0 aromatic heterocycles. The molecule has 5 heteroatoms. The van der Waals surface area contributed by atoms with Crippen LogP contribution >= 0.6 is 0 Å². The van der Waals surface area contributed by atoms with Crippen molar-refractivity contribution in [1.82, 2.24) is 5.32 Å². The minimum atomic E-state index is -0.276. The summed E-state index contributed by atoms with van der Waals surface area (Å²) >= 11 is 0. The maximum Gasteiger partial charge on any atom is 0.255 e. The van der Waals surface area contributed by atoms with E-state index in [2.05, 4.69) is 10.6 Å². The molecule has 5 nitrogen and oxygen atoms in total. The normalized spacial score (nSPS) is 10.1. The van der Waals surface area contributed by atoms with Gasteiger partial charge in [-0.2, -0.15) is 0 Å². The second-order valence-corrected chi connectivity index (χ2v) is 5.84. The average molecular weight is 360 g/mol. The molecule has 0 bridgehead atoms. The Labute approximate surface area is 158 Å². The minimum absolute atomic E-state index is 0.174. The predicted molar refractivity (Wildman–Crippen MR) is 105 cm³/mol. The van der Waals surface area contributed by atoms with Crippen LogP contribution in [0.5, 0.6) is 11.5 Å². The molecule has 0 aliphatic heterocycles. The Morgan fingerprint density at radius 2 is 1.44 bits per heavy atom. The predicted octanol–water partition coefficient (Wildman–Crippen LogP) is 4.48. The highest BCUT2D eigenvalue weighted by molar-refractivity contribution is 6.05. The number of rotatable bonds is 6. The quantitative estimate of drug-likeness (QED) is 0.681. The van der Waals surface area contributed by atoms with Gasteiger partial charge in [0.15, 0.2) is 0 Å². The van der Waals surface area contributed by atoms with Crippen LogP contribution in [0.3, 0.4) is 0 Å². The standard InChI is InChI=1S/C22H20N2O3/c1-2-23-21(25)16-8-6-10-18(14-16)24-22(26)17-9-7-13-20(15-17)27-19-11-4-3-5-12-19/h3-15H,2H2,1H3,(H,23,25)(H,24,26). The summed E-state index contributed by atoms with van der Waals surface area (Å²) in [5.74, 6) is 0.822. The molecular formula is C22H20N2O3. The van der Waals surface area contributed by atoms with Gasteiger partial charge in [-0.3, -0.25) is 9.59 Å². The van der Waals surface area contributed by atoms with E-state index in [0.29, 0.717) is 34.9 Å². The van der Waals surface area contributed by atoms with Crippen LogP contribution in [-0.4, -0.2) is 18.4 Å². The van der Waals surface area contributed by atoms with E-state index in [1.54, 1.807) is 48.5 Å². The van der Waals surface area contributed by atoms with Gasteiger partial charge in [0.05, 0.1) is 0 Å². The van der Waals surface area contributed by atoms with Crippen molar-refractivity contribution in [2.24, 2.45) is 0 Å². The number of carbonyl (C=O) groups is 2. The monoisotopic (exact) mass is 360 g/mol. The molecule has 0 unspecified atom stereocenters. The molecule has 0 saturated carbocycles. The van der Waals surface area contributed by atoms with E-state index >= 15 is 0 Å². The van der Waals surface area contributed by atoms with Gasteiger partial charge in [-0.15, -0.1) is 0 Å². The lowest BCUT2D eigenvalue weighted by Gasteiger charge is -2.09. The van der Waals surface area contributed by atoms with E-state index in [-0.39, 0.29) is 11.8 Å². The van der Waals surface area contributed by atoms with E-state index in [4.69, 9.17) is 4.74 Å². The molecule has 0 fully saturated rings. The zero-order valence-corrected chi connectivity index (χ0v) is 14.9. The fraction of sp³-hybridized carbons (Fsp3) is 0.0909. The van der Waals surface area contributed by atoms with Crippen LogP contribution in [-0.2, 0) is 0 Å². The van der Waals surface area contributed by atoms with Crippen LogP contribution in [0.2, 0.25) is 0 Å². The molecule has 0 aliphatic carbocycles. The van der Waals surface area contributed by atoms with Crippen LogP contribution in [0.25, 0.3) is 0 Å². The molecule has 27 heavy (non-hydrogen) atoms. The first kappa shape index (κ1) is 18.2. The Hall–Kier alpha value is -3.60. The number of anilines is 1. The molecule has 2 N–H and O–H groups in total. The maximum atomic E-state index is 12.6. The number of para-hydroxylation sites is 1. The van der Waals surface area contributed by atoms with Gasteiger partial charge in [-0.1, -0.05) is 30.3 Å². The van der Waals surface area contributed by atoms with Gasteiger partial charge in [0.2, 0.25) is 0 Å². The van der Waals surface area contributed by atoms with Crippen molar-refractivity contribution in [3.05, 3.63) is 90.0 Å². The lowest BCUT2D eigenvalue weighted by molar-refractivity contribution is 0.0954. The zero-order chi connectivity index (χ0) is 19.1. The Bertz CT molecular complexity index is 939. The third-order valence-corrected chi connectivity index (χ3v) is 3.80. The van der Waals surface area contributed by atoms with Crippen molar-refractivity contribution in [2.75, 3.05) is 11.9 Å². The summed E-state index contributed by atoms with van der Waals surface area (Å²) in [5, 5.41) is 5.55. The first-order valence-electron chi connectivity index (χ1n) is 8.68. The van der Waals surface area contributed by atoms with E-state index in [1.165, 1.54) is 0 Å². The van der Waals surface area contributed by atoms with E-state index in [1.807, 2.05) is 37.3 Å². The van der Waals surface area contributed by atoms with Crippen LogP contribution in [0.15, 0.2) is 78.9 Å². The summed E-state index contributed by atoms with van der Waals surface area (Å²) in [6.07, 6.45) is 0. The molecule has 3 aromatic rings. The highest BCUT2D eigenvalue weighted by atomic mass is 16.5. The van der Waals surface area contributed by atoms with E-state index < -0.39 is 0 Å². The number of carbonyl (C=O) groups excluding carboxylic acids is 2. The van der Waals surface area contributed by atoms with E-state index in [0.717, 1.165) is 0 Å². The molecule has 3 aromatic carbocycles. The SMILES string of the molecule is CCNC(=O)c1cccc(NC(=O)c2cccc(Oc3ccccc3)c2)c1. The Morgan fingerprint density at radius 1 is 0.778 bits per heavy atom. The molecule has 0 aliphatic rings. The van der Waals surface area contributed by atoms with Crippen LogP contribution in [0, 0.1) is 0 Å². The number of ether oxygens (including phenoxy) is 1. The number of hydrogen-bond acceptors (Lipinski definition) is 3. The molecule has 2 amide bonds. The average Bonchev–Trinajstić information content (AvgIpc) is 2.69. The summed E-state index contributed by atoms with van der Waals surface area (Å²) in [6.45, 7) is 2.40. The van der Waals surface area contributed by atoms with Crippen molar-refractivity contribution in [3.63, 3.8) is 0 Å². The first-order valence-corrected chi connectivity index (χ1v) is 8.68. The summed E-state index contributed by atoms with van der Waals surface area (Å²) in [7, 11) is 0. The Kier molecular flexibility index (Phi) is 5.84. The van der Waals surface area contributed by atoms with Crippen molar-refractivity contribution in [2.45, 2.75) is 6.92 Å². The summed E-state index contributed by atoms with van der Waals surface area (Å²) in [6, 6.07) is 23.1. The Morgan fingerprint density at radius 3 is 2.19 bits per heavy atom. The highest BCUT2D eigenvalue weighted by Crippen LogP contribution is 2.22. The maximum absolute atomic E-state index is 12.6. The Balaban J connectivity index is 1.72. The van der Waals surface area contributed by atoms with Gasteiger partial charge in [0.25, 0.3) is 11.8 Å². The minimum Gasteiger partial charge on any atom is -0.457 e. The smallest absolute Gasteiger partial charge is 0.255 e. The summed E-state index contributed by atoms with van der Waals surface area (Å²) in [5.41, 5.74) is 1.51. The summed E-state index contributed by atoms with van der Waals surface area (Å²) in [4.78, 5) is 24.5. The third kappa shape index (κ3) is 4.95. The van der Waals surface area contributed by atoms with Crippen molar-refractivity contribution < 1.29 is 14.3 Å². The lowest BCUT2D eigenvalue weighted by atomic mass is 10.1. The zero-order valence-electron chi connectivity index (χ0n) is 14.9. The van der Waals surface area contributed by atoms with Crippen molar-refractivity contribution in [3.8, 4) is 11.5 Å². The molecule has 0 saturated heterocycles. The van der Waals surface area contributed by atoms with E-state index in [9.17, 15) is 9.59 Å². The lowest BCUT2D eigenvalue weighted by Crippen LogP contribution is -2.22. The van der Waals surface area contributed by atoms with Gasteiger partial charge in [0, 0.05) is 23.4 Å². The largest absolute Gasteiger partial charge is 0.457 e. The molecule has 0 heterocycles. The van der Waals surface area contributed by atoms with Crippen LogP contribution in [0.4, 0.5) is 5.69 Å². The summed E-state index contributed by atoms with van der Waals surface area (Å²) < 4.78 is 5.76. The van der Waals surface area contributed by atoms with Crippen LogP contribution in [0.1, 0.15) is 27.6 Å². The van der Waals surface area contributed by atoms with Gasteiger partial charge >= 0.3 is 0 Å². The number of amides is 2. The molecule has 0 radical (unpaired) electrons. The fourth-order valence-electron chi connectivity index (χ4n) is 2.53. The van der Waals surface area contributed by atoms with Crippen molar-refractivity contribution in [1.29, 1.82) is 0 Å². The van der Waals surface area contributed by atoms with Gasteiger partial charge in [-0.25, -0.2) is 0 Å². The van der Waals surface area contributed by atoms with Gasteiger partial charge in [-0.05, 0) is 55.5 Å². The van der Waals surface area contributed by atoms with Gasteiger partial charge < -0.3 is 15.4 Å². The fourth-order valence-corrected chi connectivity index (χ4v) is 2.53. The second kappa shape index (κ2) is 8.67. The van der Waals surface area contributed by atoms with Gasteiger partial charge in [0.1, 0.15) is 11.5 Å². The molecule has 3 rings (SSSR count). The molecule has 0 atom stereocenters. The first-order chi connectivity index (χ1) is 13.2. The molecular weight excluding hydrogens is 340 g/mol. The molecule has 136 valence electrons. The highest BCUT2D eigenvalue weighted by Gasteiger charge is 2.10. The third-order valence-electron chi connectivity index (χ3n) is 3.80. The number of hydrogen-bond donors (Lipinski definition) is 2. The molecule has 0 spiro atoms. The number of nitrogens with one attached hydrogen (secondary N) is 2. The number of benzene rings is 3.